The number of rotatable bonds is 5. The molecule has 2 aromatic rings. The molecule has 2 heterocycles. The lowest BCUT2D eigenvalue weighted by molar-refractivity contribution is 0.599. The van der Waals surface area contributed by atoms with Crippen molar-refractivity contribution in [1.29, 1.82) is 0 Å². The lowest BCUT2D eigenvalue weighted by Gasteiger charge is -2.16. The van der Waals surface area contributed by atoms with Crippen LogP contribution in [0.3, 0.4) is 0 Å². The SMILES string of the molecule is CCNC(=NCCn1c(C)nc2ccccc21)NC1CCS(=O)(=O)C1. The van der Waals surface area contributed by atoms with Gasteiger partial charge < -0.3 is 15.2 Å². The second kappa shape index (κ2) is 7.43. The molecular weight excluding hydrogens is 338 g/mol. The van der Waals surface area contributed by atoms with Gasteiger partial charge in [-0.2, -0.15) is 0 Å². The van der Waals surface area contributed by atoms with Crippen LogP contribution in [0.1, 0.15) is 19.2 Å². The van der Waals surface area contributed by atoms with Crippen molar-refractivity contribution in [3.8, 4) is 0 Å². The predicted molar refractivity (Wildman–Crippen MR) is 101 cm³/mol. The van der Waals surface area contributed by atoms with E-state index in [1.165, 1.54) is 0 Å². The summed E-state index contributed by atoms with van der Waals surface area (Å²) in [5.41, 5.74) is 2.10. The number of aliphatic imine (C=N–C) groups is 1. The number of aromatic nitrogens is 2. The molecule has 1 aromatic heterocycles. The molecule has 0 bridgehead atoms. The molecule has 0 spiro atoms. The van der Waals surface area contributed by atoms with Gasteiger partial charge in [-0.05, 0) is 32.4 Å². The molecule has 25 heavy (non-hydrogen) atoms. The molecule has 1 saturated heterocycles. The van der Waals surface area contributed by atoms with E-state index in [9.17, 15) is 8.42 Å². The summed E-state index contributed by atoms with van der Waals surface area (Å²) >= 11 is 0. The van der Waals surface area contributed by atoms with Gasteiger partial charge in [0, 0.05) is 19.1 Å². The van der Waals surface area contributed by atoms with Gasteiger partial charge in [0.1, 0.15) is 5.82 Å². The first-order valence-corrected chi connectivity index (χ1v) is 10.5. The maximum atomic E-state index is 11.6. The Morgan fingerprint density at radius 3 is 2.92 bits per heavy atom. The van der Waals surface area contributed by atoms with Crippen LogP contribution in [0.5, 0.6) is 0 Å². The van der Waals surface area contributed by atoms with Gasteiger partial charge in [0.25, 0.3) is 0 Å². The van der Waals surface area contributed by atoms with Crippen LogP contribution in [0.2, 0.25) is 0 Å². The van der Waals surface area contributed by atoms with Gasteiger partial charge in [0.2, 0.25) is 0 Å². The number of fused-ring (bicyclic) bond motifs is 1. The fourth-order valence-electron chi connectivity index (χ4n) is 3.16. The van der Waals surface area contributed by atoms with E-state index in [4.69, 9.17) is 0 Å². The number of guanidine groups is 1. The zero-order chi connectivity index (χ0) is 17.9. The fraction of sp³-hybridized carbons (Fsp3) is 0.529. The van der Waals surface area contributed by atoms with E-state index in [-0.39, 0.29) is 17.5 Å². The standard InChI is InChI=1S/C17H25N5O2S/c1-3-18-17(21-14-8-11-25(23,24)12-14)19-9-10-22-13(2)20-15-6-4-5-7-16(15)22/h4-7,14H,3,8-12H2,1-2H3,(H2,18,19,21). The van der Waals surface area contributed by atoms with Crippen molar-refractivity contribution < 1.29 is 8.42 Å². The number of hydrogen-bond acceptors (Lipinski definition) is 4. The molecule has 8 heteroatoms. The summed E-state index contributed by atoms with van der Waals surface area (Å²) in [6.45, 7) is 6.05. The lowest BCUT2D eigenvalue weighted by Crippen LogP contribution is -2.44. The Kier molecular flexibility index (Phi) is 5.27. The van der Waals surface area contributed by atoms with E-state index in [0.717, 1.165) is 29.9 Å². The molecule has 1 aliphatic rings. The quantitative estimate of drug-likeness (QED) is 0.613. The Morgan fingerprint density at radius 1 is 1.40 bits per heavy atom. The van der Waals surface area contributed by atoms with Crippen molar-refractivity contribution in [2.75, 3.05) is 24.6 Å². The second-order valence-electron chi connectivity index (χ2n) is 6.30. The first kappa shape index (κ1) is 17.7. The Bertz CT molecular complexity index is 872. The molecular formula is C17H25N5O2S. The van der Waals surface area contributed by atoms with Crippen molar-refractivity contribution in [3.63, 3.8) is 0 Å². The zero-order valence-corrected chi connectivity index (χ0v) is 15.5. The molecule has 3 rings (SSSR count). The zero-order valence-electron chi connectivity index (χ0n) is 14.7. The number of nitrogens with one attached hydrogen (secondary N) is 2. The smallest absolute Gasteiger partial charge is 0.191 e. The minimum Gasteiger partial charge on any atom is -0.357 e. The number of aryl methyl sites for hydroxylation is 1. The third-order valence-corrected chi connectivity index (χ3v) is 6.12. The first-order valence-electron chi connectivity index (χ1n) is 8.65. The van der Waals surface area contributed by atoms with Gasteiger partial charge in [-0.3, -0.25) is 4.99 Å². The van der Waals surface area contributed by atoms with Crippen LogP contribution in [-0.2, 0) is 16.4 Å². The molecule has 0 radical (unpaired) electrons. The Labute approximate surface area is 148 Å². The molecule has 0 amide bonds. The number of imidazole rings is 1. The van der Waals surface area contributed by atoms with Crippen molar-refractivity contribution in [1.82, 2.24) is 20.2 Å². The van der Waals surface area contributed by atoms with Crippen LogP contribution in [-0.4, -0.2) is 54.6 Å². The van der Waals surface area contributed by atoms with E-state index in [2.05, 4.69) is 31.2 Å². The van der Waals surface area contributed by atoms with Crippen molar-refractivity contribution in [2.24, 2.45) is 4.99 Å². The van der Waals surface area contributed by atoms with E-state index in [1.807, 2.05) is 32.0 Å². The van der Waals surface area contributed by atoms with Crippen LogP contribution >= 0.6 is 0 Å². The summed E-state index contributed by atoms with van der Waals surface area (Å²) in [5, 5.41) is 6.43. The number of hydrogen-bond donors (Lipinski definition) is 2. The van der Waals surface area contributed by atoms with Crippen LogP contribution in [0.15, 0.2) is 29.3 Å². The largest absolute Gasteiger partial charge is 0.357 e. The highest BCUT2D eigenvalue weighted by molar-refractivity contribution is 7.91. The summed E-state index contributed by atoms with van der Waals surface area (Å²) in [4.78, 5) is 9.16. The lowest BCUT2D eigenvalue weighted by atomic mass is 10.3. The number of nitrogens with zero attached hydrogens (tertiary/aromatic N) is 3. The normalized spacial score (nSPS) is 20.1. The van der Waals surface area contributed by atoms with Gasteiger partial charge in [-0.15, -0.1) is 0 Å². The molecule has 1 aliphatic heterocycles. The van der Waals surface area contributed by atoms with Gasteiger partial charge in [-0.1, -0.05) is 12.1 Å². The molecule has 1 fully saturated rings. The minimum absolute atomic E-state index is 0.0568. The molecule has 136 valence electrons. The van der Waals surface area contributed by atoms with Crippen LogP contribution in [0.25, 0.3) is 11.0 Å². The predicted octanol–water partition coefficient (Wildman–Crippen LogP) is 1.09. The Balaban J connectivity index is 1.66. The van der Waals surface area contributed by atoms with Crippen molar-refractivity contribution in [3.05, 3.63) is 30.1 Å². The van der Waals surface area contributed by atoms with E-state index < -0.39 is 9.84 Å². The summed E-state index contributed by atoms with van der Waals surface area (Å²) in [6.07, 6.45) is 0.637. The van der Waals surface area contributed by atoms with E-state index in [1.54, 1.807) is 0 Å². The van der Waals surface area contributed by atoms with Gasteiger partial charge >= 0.3 is 0 Å². The van der Waals surface area contributed by atoms with E-state index >= 15 is 0 Å². The van der Waals surface area contributed by atoms with Crippen LogP contribution in [0, 0.1) is 6.92 Å². The highest BCUT2D eigenvalue weighted by atomic mass is 32.2. The maximum absolute atomic E-state index is 11.6. The maximum Gasteiger partial charge on any atom is 0.191 e. The van der Waals surface area contributed by atoms with Gasteiger partial charge in [0.05, 0.1) is 29.1 Å². The van der Waals surface area contributed by atoms with E-state index in [0.29, 0.717) is 18.9 Å². The summed E-state index contributed by atoms with van der Waals surface area (Å²) in [5.74, 6) is 2.08. The van der Waals surface area contributed by atoms with Crippen LogP contribution < -0.4 is 10.6 Å². The van der Waals surface area contributed by atoms with Gasteiger partial charge in [0.15, 0.2) is 15.8 Å². The molecule has 2 N–H and O–H groups in total. The highest BCUT2D eigenvalue weighted by Crippen LogP contribution is 2.15. The Hall–Kier alpha value is -2.09. The van der Waals surface area contributed by atoms with Crippen molar-refractivity contribution in [2.45, 2.75) is 32.9 Å². The number of benzene rings is 1. The third kappa shape index (κ3) is 4.31. The molecule has 7 nitrogen and oxygen atoms in total. The first-order chi connectivity index (χ1) is 12.0. The highest BCUT2D eigenvalue weighted by Gasteiger charge is 2.28. The molecule has 1 unspecified atom stereocenters. The molecule has 0 aliphatic carbocycles. The van der Waals surface area contributed by atoms with Crippen LogP contribution in [0.4, 0.5) is 0 Å². The number of sulfone groups is 1. The fourth-order valence-corrected chi connectivity index (χ4v) is 4.84. The molecule has 1 aromatic carbocycles. The average molecular weight is 363 g/mol. The summed E-state index contributed by atoms with van der Waals surface area (Å²) < 4.78 is 25.4. The molecule has 0 saturated carbocycles. The second-order valence-corrected chi connectivity index (χ2v) is 8.53. The monoisotopic (exact) mass is 363 g/mol. The molecule has 1 atom stereocenters. The summed E-state index contributed by atoms with van der Waals surface area (Å²) in [6, 6.07) is 8.01. The Morgan fingerprint density at radius 2 is 2.20 bits per heavy atom. The number of para-hydroxylation sites is 2. The minimum atomic E-state index is -2.90. The average Bonchev–Trinajstić information content (AvgIpc) is 3.06. The topological polar surface area (TPSA) is 88.4 Å². The third-order valence-electron chi connectivity index (χ3n) is 4.36. The van der Waals surface area contributed by atoms with Crippen molar-refractivity contribution >= 4 is 26.8 Å². The summed E-state index contributed by atoms with van der Waals surface area (Å²) in [7, 11) is -2.90. The van der Waals surface area contributed by atoms with Gasteiger partial charge in [-0.25, -0.2) is 13.4 Å².